The van der Waals surface area contributed by atoms with Gasteiger partial charge in [-0.1, -0.05) is 0 Å². The fourth-order valence-corrected chi connectivity index (χ4v) is 3.93. The lowest BCUT2D eigenvalue weighted by Gasteiger charge is -2.29. The smallest absolute Gasteiger partial charge is 0.407 e. The van der Waals surface area contributed by atoms with E-state index in [0.29, 0.717) is 24.6 Å². The zero-order valence-electron chi connectivity index (χ0n) is 16.7. The van der Waals surface area contributed by atoms with Gasteiger partial charge >= 0.3 is 6.09 Å². The van der Waals surface area contributed by atoms with Crippen LogP contribution in [-0.4, -0.2) is 58.4 Å². The lowest BCUT2D eigenvalue weighted by Crippen LogP contribution is -2.37. The van der Waals surface area contributed by atoms with Crippen LogP contribution in [0.15, 0.2) is 24.4 Å². The highest BCUT2D eigenvalue weighted by atomic mass is 16.5. The van der Waals surface area contributed by atoms with Crippen LogP contribution in [0.1, 0.15) is 30.1 Å². The number of hydrogen-bond acceptors (Lipinski definition) is 5. The zero-order chi connectivity index (χ0) is 20.5. The average molecular weight is 396 g/mol. The molecule has 1 aromatic carbocycles. The van der Waals surface area contributed by atoms with E-state index >= 15 is 0 Å². The van der Waals surface area contributed by atoms with Crippen LogP contribution in [0.4, 0.5) is 4.79 Å². The molecular weight excluding hydrogens is 372 g/mol. The van der Waals surface area contributed by atoms with Crippen molar-refractivity contribution in [2.45, 2.75) is 25.7 Å². The number of carboxylic acid groups (broad SMARTS) is 1. The van der Waals surface area contributed by atoms with E-state index < -0.39 is 6.09 Å². The number of piperidine rings is 1. The number of aryl methyl sites for hydroxylation is 1. The molecule has 2 aromatic heterocycles. The number of amides is 1. The molecule has 0 aliphatic carbocycles. The van der Waals surface area contributed by atoms with Crippen LogP contribution in [-0.2, 0) is 0 Å². The van der Waals surface area contributed by atoms with Crippen molar-refractivity contribution in [1.29, 1.82) is 0 Å². The van der Waals surface area contributed by atoms with Gasteiger partial charge in [-0.3, -0.25) is 0 Å². The predicted molar refractivity (Wildman–Crippen MR) is 109 cm³/mol. The van der Waals surface area contributed by atoms with E-state index in [1.54, 1.807) is 14.2 Å². The Bertz CT molecular complexity index is 1050. The zero-order valence-corrected chi connectivity index (χ0v) is 16.7. The van der Waals surface area contributed by atoms with Gasteiger partial charge in [0.15, 0.2) is 11.5 Å². The second-order valence-electron chi connectivity index (χ2n) is 7.23. The van der Waals surface area contributed by atoms with Crippen LogP contribution >= 0.6 is 0 Å². The van der Waals surface area contributed by atoms with Gasteiger partial charge in [0.05, 0.1) is 37.1 Å². The van der Waals surface area contributed by atoms with Crippen LogP contribution in [0.2, 0.25) is 0 Å². The summed E-state index contributed by atoms with van der Waals surface area (Å²) in [5.41, 5.74) is 4.75. The largest absolute Gasteiger partial charge is 0.493 e. The van der Waals surface area contributed by atoms with E-state index in [2.05, 4.69) is 9.97 Å². The molecule has 0 atom stereocenters. The van der Waals surface area contributed by atoms with Gasteiger partial charge in [-0.2, -0.15) is 0 Å². The molecule has 3 aromatic rings. The van der Waals surface area contributed by atoms with E-state index in [1.165, 1.54) is 4.90 Å². The molecule has 1 fully saturated rings. The first-order valence-corrected chi connectivity index (χ1v) is 9.57. The Morgan fingerprint density at radius 3 is 2.59 bits per heavy atom. The van der Waals surface area contributed by atoms with Crippen LogP contribution in [0, 0.1) is 6.92 Å². The summed E-state index contributed by atoms with van der Waals surface area (Å²) < 4.78 is 10.7. The van der Waals surface area contributed by atoms with Gasteiger partial charge in [-0.15, -0.1) is 0 Å². The SMILES string of the molecule is COc1ccc(-c2[nH]c3cnc(C4CCN(C(=O)O)CC4)nc3c2C)cc1OC. The maximum atomic E-state index is 11.1. The number of H-pyrrole nitrogens is 1. The molecule has 29 heavy (non-hydrogen) atoms. The molecule has 0 bridgehead atoms. The molecule has 4 rings (SSSR count). The maximum Gasteiger partial charge on any atom is 0.407 e. The van der Waals surface area contributed by atoms with Crippen molar-refractivity contribution in [2.75, 3.05) is 27.3 Å². The Hall–Kier alpha value is -3.29. The summed E-state index contributed by atoms with van der Waals surface area (Å²) in [5.74, 6) is 2.30. The van der Waals surface area contributed by atoms with E-state index in [9.17, 15) is 4.79 Å². The van der Waals surface area contributed by atoms with Crippen LogP contribution in [0.25, 0.3) is 22.3 Å². The third-order valence-corrected chi connectivity index (χ3v) is 5.60. The van der Waals surface area contributed by atoms with Gasteiger partial charge in [0, 0.05) is 30.1 Å². The summed E-state index contributed by atoms with van der Waals surface area (Å²) in [6.45, 7) is 3.07. The standard InChI is InChI=1S/C21H24N4O4/c1-12-18(14-4-5-16(28-2)17(10-14)29-3)23-15-11-22-20(24-19(12)15)13-6-8-25(9-7-13)21(26)27/h4-5,10-11,13,23H,6-9H2,1-3H3,(H,26,27). The summed E-state index contributed by atoms with van der Waals surface area (Å²) in [7, 11) is 3.23. The molecule has 1 aliphatic rings. The Kier molecular flexibility index (Phi) is 5.00. The number of aromatic amines is 1. The molecule has 1 amide bonds. The second-order valence-corrected chi connectivity index (χ2v) is 7.23. The van der Waals surface area contributed by atoms with E-state index in [-0.39, 0.29) is 5.92 Å². The highest BCUT2D eigenvalue weighted by molar-refractivity contribution is 5.87. The topological polar surface area (TPSA) is 101 Å². The lowest BCUT2D eigenvalue weighted by atomic mass is 9.96. The van der Waals surface area contributed by atoms with Crippen molar-refractivity contribution >= 4 is 17.1 Å². The van der Waals surface area contributed by atoms with Crippen LogP contribution in [0.3, 0.4) is 0 Å². The maximum absolute atomic E-state index is 11.1. The van der Waals surface area contributed by atoms with Crippen LogP contribution in [0.5, 0.6) is 11.5 Å². The Morgan fingerprint density at radius 2 is 1.93 bits per heavy atom. The number of benzene rings is 1. The van der Waals surface area contributed by atoms with Gasteiger partial charge in [-0.05, 0) is 38.0 Å². The second kappa shape index (κ2) is 7.62. The first-order chi connectivity index (χ1) is 14.0. The van der Waals surface area contributed by atoms with E-state index in [4.69, 9.17) is 19.6 Å². The first-order valence-electron chi connectivity index (χ1n) is 9.57. The van der Waals surface area contributed by atoms with Crippen LogP contribution < -0.4 is 9.47 Å². The summed E-state index contributed by atoms with van der Waals surface area (Å²) in [6, 6.07) is 5.80. The minimum Gasteiger partial charge on any atom is -0.493 e. The van der Waals surface area contributed by atoms with Crippen molar-refractivity contribution in [3.63, 3.8) is 0 Å². The van der Waals surface area contributed by atoms with Gasteiger partial charge in [0.25, 0.3) is 0 Å². The highest BCUT2D eigenvalue weighted by Crippen LogP contribution is 2.35. The molecule has 0 saturated carbocycles. The first kappa shape index (κ1) is 19.0. The number of ether oxygens (including phenoxy) is 2. The molecule has 0 unspecified atom stereocenters. The van der Waals surface area contributed by atoms with E-state index in [0.717, 1.165) is 46.5 Å². The normalized spacial score (nSPS) is 14.9. The molecule has 8 heteroatoms. The number of nitrogens with one attached hydrogen (secondary N) is 1. The molecule has 0 spiro atoms. The third-order valence-electron chi connectivity index (χ3n) is 5.60. The summed E-state index contributed by atoms with van der Waals surface area (Å²) in [6.07, 6.45) is 2.44. The number of nitrogens with zero attached hydrogens (tertiary/aromatic N) is 3. The Balaban J connectivity index is 1.66. The van der Waals surface area contributed by atoms with Gasteiger partial charge in [0.2, 0.25) is 0 Å². The molecule has 1 saturated heterocycles. The number of rotatable bonds is 4. The quantitative estimate of drug-likeness (QED) is 0.696. The van der Waals surface area contributed by atoms with Crippen molar-refractivity contribution in [1.82, 2.24) is 19.9 Å². The highest BCUT2D eigenvalue weighted by Gasteiger charge is 2.26. The van der Waals surface area contributed by atoms with E-state index in [1.807, 2.05) is 31.3 Å². The number of fused-ring (bicyclic) bond motifs is 1. The summed E-state index contributed by atoms with van der Waals surface area (Å²) in [5, 5.41) is 9.13. The van der Waals surface area contributed by atoms with Crippen molar-refractivity contribution in [3.8, 4) is 22.8 Å². The monoisotopic (exact) mass is 396 g/mol. The number of methoxy groups -OCH3 is 2. The number of aromatic nitrogens is 3. The number of hydrogen-bond donors (Lipinski definition) is 2. The van der Waals surface area contributed by atoms with Crippen molar-refractivity contribution < 1.29 is 19.4 Å². The minimum absolute atomic E-state index is 0.175. The molecular formula is C21H24N4O4. The van der Waals surface area contributed by atoms with Gasteiger partial charge in [0.1, 0.15) is 5.82 Å². The molecule has 0 radical (unpaired) electrons. The molecule has 3 heterocycles. The predicted octanol–water partition coefficient (Wildman–Crippen LogP) is 3.81. The fraction of sp³-hybridized carbons (Fsp3) is 0.381. The fourth-order valence-electron chi connectivity index (χ4n) is 3.93. The Labute approximate surface area is 168 Å². The number of likely N-dealkylation sites (tertiary alicyclic amines) is 1. The molecule has 152 valence electrons. The molecule has 2 N–H and O–H groups in total. The summed E-state index contributed by atoms with van der Waals surface area (Å²) >= 11 is 0. The molecule has 8 nitrogen and oxygen atoms in total. The average Bonchev–Trinajstić information content (AvgIpc) is 3.09. The minimum atomic E-state index is -0.860. The van der Waals surface area contributed by atoms with Crippen molar-refractivity contribution in [2.24, 2.45) is 0 Å². The molecule has 1 aliphatic heterocycles. The van der Waals surface area contributed by atoms with Crippen molar-refractivity contribution in [3.05, 3.63) is 35.8 Å². The lowest BCUT2D eigenvalue weighted by molar-refractivity contribution is 0.131. The third kappa shape index (κ3) is 3.46. The Morgan fingerprint density at radius 1 is 1.21 bits per heavy atom. The van der Waals surface area contributed by atoms with Gasteiger partial charge < -0.3 is 24.5 Å². The summed E-state index contributed by atoms with van der Waals surface area (Å²) in [4.78, 5) is 25.4. The van der Waals surface area contributed by atoms with Gasteiger partial charge in [-0.25, -0.2) is 14.8 Å². The number of carbonyl (C=O) groups is 1.